The highest BCUT2D eigenvalue weighted by Gasteiger charge is 2.19. The molecule has 3 N–H and O–H groups in total. The second kappa shape index (κ2) is 7.38. The molecule has 1 aliphatic rings. The van der Waals surface area contributed by atoms with Crippen molar-refractivity contribution in [1.29, 1.82) is 0 Å². The van der Waals surface area contributed by atoms with Crippen molar-refractivity contribution >= 4 is 5.91 Å². The SMILES string of the molecule is CN1CCN(NC(=O)[C@@H](N)CCc2ccccc2)CC1. The van der Waals surface area contributed by atoms with Crippen molar-refractivity contribution in [3.63, 3.8) is 0 Å². The van der Waals surface area contributed by atoms with E-state index < -0.39 is 6.04 Å². The average Bonchev–Trinajstić information content (AvgIpc) is 2.48. The average molecular weight is 276 g/mol. The Morgan fingerprint density at radius 1 is 1.25 bits per heavy atom. The van der Waals surface area contributed by atoms with E-state index in [0.29, 0.717) is 6.42 Å². The van der Waals surface area contributed by atoms with Crippen LogP contribution in [0.5, 0.6) is 0 Å². The highest BCUT2D eigenvalue weighted by atomic mass is 16.2. The molecule has 1 atom stereocenters. The van der Waals surface area contributed by atoms with Crippen LogP contribution in [0.4, 0.5) is 0 Å². The number of hydrogen-bond donors (Lipinski definition) is 2. The molecule has 1 aliphatic heterocycles. The van der Waals surface area contributed by atoms with E-state index in [-0.39, 0.29) is 5.91 Å². The van der Waals surface area contributed by atoms with E-state index in [0.717, 1.165) is 32.6 Å². The lowest BCUT2D eigenvalue weighted by molar-refractivity contribution is -0.128. The summed E-state index contributed by atoms with van der Waals surface area (Å²) < 4.78 is 0. The maximum atomic E-state index is 12.0. The van der Waals surface area contributed by atoms with Crippen LogP contribution in [-0.4, -0.2) is 55.1 Å². The number of rotatable bonds is 5. The van der Waals surface area contributed by atoms with Crippen LogP contribution < -0.4 is 11.2 Å². The normalized spacial score (nSPS) is 18.7. The summed E-state index contributed by atoms with van der Waals surface area (Å²) in [5.41, 5.74) is 10.1. The molecule has 110 valence electrons. The highest BCUT2D eigenvalue weighted by molar-refractivity contribution is 5.80. The number of amides is 1. The Morgan fingerprint density at radius 3 is 2.55 bits per heavy atom. The lowest BCUT2D eigenvalue weighted by Gasteiger charge is -2.33. The first-order valence-electron chi connectivity index (χ1n) is 7.18. The number of nitrogens with zero attached hydrogens (tertiary/aromatic N) is 2. The summed E-state index contributed by atoms with van der Waals surface area (Å²) in [6.07, 6.45) is 1.50. The van der Waals surface area contributed by atoms with Gasteiger partial charge in [-0.15, -0.1) is 0 Å². The van der Waals surface area contributed by atoms with Crippen LogP contribution in [0.1, 0.15) is 12.0 Å². The number of hydrazine groups is 1. The zero-order valence-electron chi connectivity index (χ0n) is 12.1. The molecule has 0 aliphatic carbocycles. The van der Waals surface area contributed by atoms with Gasteiger partial charge in [-0.05, 0) is 25.5 Å². The van der Waals surface area contributed by atoms with Gasteiger partial charge >= 0.3 is 0 Å². The minimum absolute atomic E-state index is 0.0783. The number of hydrogen-bond acceptors (Lipinski definition) is 4. The minimum atomic E-state index is -0.449. The molecule has 1 aromatic rings. The Balaban J connectivity index is 1.72. The molecule has 0 radical (unpaired) electrons. The molecule has 1 aromatic carbocycles. The van der Waals surface area contributed by atoms with Crippen LogP contribution in [0, 0.1) is 0 Å². The Labute approximate surface area is 120 Å². The van der Waals surface area contributed by atoms with Gasteiger partial charge in [-0.1, -0.05) is 30.3 Å². The molecule has 5 nitrogen and oxygen atoms in total. The number of benzene rings is 1. The maximum absolute atomic E-state index is 12.0. The molecule has 0 spiro atoms. The van der Waals surface area contributed by atoms with E-state index in [1.807, 2.05) is 23.2 Å². The third-order valence-corrected chi connectivity index (χ3v) is 3.70. The Kier molecular flexibility index (Phi) is 5.52. The number of nitrogens with two attached hydrogens (primary N) is 1. The molecule has 1 fully saturated rings. The predicted molar refractivity (Wildman–Crippen MR) is 80.0 cm³/mol. The van der Waals surface area contributed by atoms with Crippen LogP contribution in [-0.2, 0) is 11.2 Å². The van der Waals surface area contributed by atoms with Crippen LogP contribution >= 0.6 is 0 Å². The zero-order chi connectivity index (χ0) is 14.4. The maximum Gasteiger partial charge on any atom is 0.251 e. The van der Waals surface area contributed by atoms with Crippen molar-refractivity contribution in [2.75, 3.05) is 33.2 Å². The Bertz CT molecular complexity index is 415. The molecule has 1 heterocycles. The molecule has 1 saturated heterocycles. The molecular formula is C15H24N4O. The Morgan fingerprint density at radius 2 is 1.90 bits per heavy atom. The Hall–Kier alpha value is -1.43. The van der Waals surface area contributed by atoms with E-state index in [2.05, 4.69) is 29.5 Å². The van der Waals surface area contributed by atoms with E-state index in [1.165, 1.54) is 5.56 Å². The third kappa shape index (κ3) is 4.59. The topological polar surface area (TPSA) is 61.6 Å². The molecule has 0 bridgehead atoms. The van der Waals surface area contributed by atoms with Crippen molar-refractivity contribution in [3.05, 3.63) is 35.9 Å². The summed E-state index contributed by atoms with van der Waals surface area (Å²) in [5.74, 6) is -0.0783. The molecule has 0 unspecified atom stereocenters. The highest BCUT2D eigenvalue weighted by Crippen LogP contribution is 2.04. The molecule has 5 heteroatoms. The molecule has 20 heavy (non-hydrogen) atoms. The van der Waals surface area contributed by atoms with Gasteiger partial charge < -0.3 is 10.6 Å². The first-order chi connectivity index (χ1) is 9.65. The summed E-state index contributed by atoms with van der Waals surface area (Å²) in [7, 11) is 2.09. The van der Waals surface area contributed by atoms with Gasteiger partial charge in [0.25, 0.3) is 5.91 Å². The van der Waals surface area contributed by atoms with Gasteiger partial charge in [-0.25, -0.2) is 5.01 Å². The molecule has 0 aromatic heterocycles. The minimum Gasteiger partial charge on any atom is -0.320 e. The van der Waals surface area contributed by atoms with Crippen molar-refractivity contribution in [1.82, 2.24) is 15.3 Å². The predicted octanol–water partition coefficient (Wildman–Crippen LogP) is 0.225. The van der Waals surface area contributed by atoms with Gasteiger partial charge in [0.2, 0.25) is 0 Å². The fraction of sp³-hybridized carbons (Fsp3) is 0.533. The number of aryl methyl sites for hydroxylation is 1. The fourth-order valence-corrected chi connectivity index (χ4v) is 2.25. The van der Waals surface area contributed by atoms with E-state index in [4.69, 9.17) is 5.73 Å². The van der Waals surface area contributed by atoms with Crippen molar-refractivity contribution < 1.29 is 4.79 Å². The van der Waals surface area contributed by atoms with Crippen molar-refractivity contribution in [2.45, 2.75) is 18.9 Å². The van der Waals surface area contributed by atoms with Gasteiger partial charge in [-0.3, -0.25) is 10.2 Å². The number of piperazine rings is 1. The van der Waals surface area contributed by atoms with Crippen LogP contribution in [0.25, 0.3) is 0 Å². The molecular weight excluding hydrogens is 252 g/mol. The first-order valence-corrected chi connectivity index (χ1v) is 7.18. The molecule has 0 saturated carbocycles. The standard InChI is InChI=1S/C15H24N4O/c1-18-9-11-19(12-10-18)17-15(20)14(16)8-7-13-5-3-2-4-6-13/h2-6,14H,7-12,16H2,1H3,(H,17,20)/t14-/m0/s1. The van der Waals surface area contributed by atoms with Gasteiger partial charge in [-0.2, -0.15) is 0 Å². The van der Waals surface area contributed by atoms with Crippen LogP contribution in [0.3, 0.4) is 0 Å². The summed E-state index contributed by atoms with van der Waals surface area (Å²) in [4.78, 5) is 14.3. The van der Waals surface area contributed by atoms with Crippen molar-refractivity contribution in [3.8, 4) is 0 Å². The van der Waals surface area contributed by atoms with Gasteiger partial charge in [0.05, 0.1) is 6.04 Å². The number of nitrogens with one attached hydrogen (secondary N) is 1. The summed E-state index contributed by atoms with van der Waals surface area (Å²) in [6.45, 7) is 3.65. The monoisotopic (exact) mass is 276 g/mol. The third-order valence-electron chi connectivity index (χ3n) is 3.70. The lowest BCUT2D eigenvalue weighted by Crippen LogP contribution is -2.55. The number of carbonyl (C=O) groups excluding carboxylic acids is 1. The molecule has 2 rings (SSSR count). The summed E-state index contributed by atoms with van der Waals surface area (Å²) in [5, 5.41) is 1.96. The quantitative estimate of drug-likeness (QED) is 0.808. The van der Waals surface area contributed by atoms with Gasteiger partial charge in [0, 0.05) is 26.2 Å². The largest absolute Gasteiger partial charge is 0.320 e. The molecule has 1 amide bonds. The second-order valence-corrected chi connectivity index (χ2v) is 5.40. The van der Waals surface area contributed by atoms with E-state index >= 15 is 0 Å². The smallest absolute Gasteiger partial charge is 0.251 e. The zero-order valence-corrected chi connectivity index (χ0v) is 12.1. The lowest BCUT2D eigenvalue weighted by atomic mass is 10.1. The number of carbonyl (C=O) groups is 1. The summed E-state index contributed by atoms with van der Waals surface area (Å²) >= 11 is 0. The van der Waals surface area contributed by atoms with Crippen LogP contribution in [0.15, 0.2) is 30.3 Å². The van der Waals surface area contributed by atoms with Gasteiger partial charge in [0.15, 0.2) is 0 Å². The van der Waals surface area contributed by atoms with E-state index in [9.17, 15) is 4.79 Å². The number of likely N-dealkylation sites (N-methyl/N-ethyl adjacent to an activating group) is 1. The van der Waals surface area contributed by atoms with Crippen molar-refractivity contribution in [2.24, 2.45) is 5.73 Å². The van der Waals surface area contributed by atoms with E-state index in [1.54, 1.807) is 0 Å². The van der Waals surface area contributed by atoms with Crippen LogP contribution in [0.2, 0.25) is 0 Å². The van der Waals surface area contributed by atoms with Gasteiger partial charge in [0.1, 0.15) is 0 Å². The first kappa shape index (κ1) is 15.0. The summed E-state index contributed by atoms with van der Waals surface area (Å²) in [6, 6.07) is 9.67. The fourth-order valence-electron chi connectivity index (χ4n) is 2.25. The second-order valence-electron chi connectivity index (χ2n) is 5.40.